The summed E-state index contributed by atoms with van der Waals surface area (Å²) in [6.07, 6.45) is -4.40. The van der Waals surface area contributed by atoms with Gasteiger partial charge in [0.25, 0.3) is 0 Å². The number of benzene rings is 2. The monoisotopic (exact) mass is 483 g/mol. The van der Waals surface area contributed by atoms with Gasteiger partial charge in [-0.25, -0.2) is 13.1 Å². The second-order valence-corrected chi connectivity index (χ2v) is 10.1. The molecule has 2 aromatic carbocycles. The van der Waals surface area contributed by atoms with Crippen molar-refractivity contribution in [1.29, 1.82) is 0 Å². The molecule has 0 saturated carbocycles. The Morgan fingerprint density at radius 3 is 2.24 bits per heavy atom. The zero-order valence-corrected chi connectivity index (χ0v) is 19.4. The second kappa shape index (κ2) is 10.1. The van der Waals surface area contributed by atoms with E-state index in [0.717, 1.165) is 17.7 Å². The summed E-state index contributed by atoms with van der Waals surface area (Å²) in [6.45, 7) is 5.54. The van der Waals surface area contributed by atoms with Crippen LogP contribution in [-0.2, 0) is 21.0 Å². The van der Waals surface area contributed by atoms with Gasteiger partial charge >= 0.3 is 6.18 Å². The van der Waals surface area contributed by atoms with Gasteiger partial charge < -0.3 is 9.80 Å². The van der Waals surface area contributed by atoms with E-state index < -0.39 is 21.8 Å². The van der Waals surface area contributed by atoms with E-state index in [4.69, 9.17) is 0 Å². The number of carbonyl (C=O) groups excluding carboxylic acids is 1. The first-order chi connectivity index (χ1) is 15.5. The maximum atomic E-state index is 12.9. The summed E-state index contributed by atoms with van der Waals surface area (Å²) < 4.78 is 66.2. The first-order valence-corrected chi connectivity index (χ1v) is 12.3. The van der Waals surface area contributed by atoms with Crippen LogP contribution in [0.2, 0.25) is 0 Å². The zero-order valence-electron chi connectivity index (χ0n) is 18.6. The smallest absolute Gasteiger partial charge is 0.368 e. The van der Waals surface area contributed by atoms with Crippen molar-refractivity contribution >= 4 is 21.6 Å². The van der Waals surface area contributed by atoms with Crippen molar-refractivity contribution in [2.75, 3.05) is 37.6 Å². The molecule has 0 aromatic heterocycles. The van der Waals surface area contributed by atoms with Crippen LogP contribution < -0.4 is 9.62 Å². The highest BCUT2D eigenvalue weighted by atomic mass is 32.2. The van der Waals surface area contributed by atoms with E-state index in [1.165, 1.54) is 6.07 Å². The zero-order chi connectivity index (χ0) is 24.2. The molecule has 0 bridgehead atoms. The van der Waals surface area contributed by atoms with Crippen LogP contribution in [0.1, 0.15) is 37.3 Å². The Kier molecular flexibility index (Phi) is 7.69. The molecule has 6 nitrogen and oxygen atoms in total. The van der Waals surface area contributed by atoms with Gasteiger partial charge in [-0.2, -0.15) is 13.2 Å². The van der Waals surface area contributed by atoms with Crippen molar-refractivity contribution in [1.82, 2.24) is 9.62 Å². The predicted octanol–water partition coefficient (Wildman–Crippen LogP) is 3.85. The largest absolute Gasteiger partial charge is 0.416 e. The minimum Gasteiger partial charge on any atom is -0.368 e. The third-order valence-corrected chi connectivity index (χ3v) is 7.14. The Hall–Kier alpha value is -2.59. The predicted molar refractivity (Wildman–Crippen MR) is 121 cm³/mol. The van der Waals surface area contributed by atoms with Gasteiger partial charge in [0.1, 0.15) is 0 Å². The molecule has 0 atom stereocenters. The number of rotatable bonds is 7. The molecular weight excluding hydrogens is 455 g/mol. The van der Waals surface area contributed by atoms with Crippen LogP contribution in [0.15, 0.2) is 53.4 Å². The number of carbonyl (C=O) groups is 1. The Morgan fingerprint density at radius 1 is 1.03 bits per heavy atom. The van der Waals surface area contributed by atoms with Gasteiger partial charge in [-0.05, 0) is 41.8 Å². The fraction of sp³-hybridized carbons (Fsp3) is 0.435. The van der Waals surface area contributed by atoms with Crippen LogP contribution in [0, 0.1) is 0 Å². The van der Waals surface area contributed by atoms with Crippen molar-refractivity contribution in [3.63, 3.8) is 0 Å². The highest BCUT2D eigenvalue weighted by molar-refractivity contribution is 7.89. The summed E-state index contributed by atoms with van der Waals surface area (Å²) in [5.41, 5.74) is 0.797. The van der Waals surface area contributed by atoms with E-state index in [2.05, 4.69) is 4.72 Å². The fourth-order valence-electron chi connectivity index (χ4n) is 3.66. The maximum absolute atomic E-state index is 12.9. The number of halogens is 3. The molecule has 1 amide bonds. The van der Waals surface area contributed by atoms with Gasteiger partial charge in [0, 0.05) is 44.8 Å². The molecule has 1 fully saturated rings. The lowest BCUT2D eigenvalue weighted by atomic mass is 10.0. The summed E-state index contributed by atoms with van der Waals surface area (Å²) in [5, 5.41) is 0. The lowest BCUT2D eigenvalue weighted by molar-refractivity contribution is -0.137. The van der Waals surface area contributed by atoms with Gasteiger partial charge in [0.15, 0.2) is 0 Å². The highest BCUT2D eigenvalue weighted by Gasteiger charge is 2.31. The summed E-state index contributed by atoms with van der Waals surface area (Å²) in [7, 11) is -3.71. The number of alkyl halides is 3. The van der Waals surface area contributed by atoms with Crippen LogP contribution in [0.25, 0.3) is 0 Å². The van der Waals surface area contributed by atoms with Gasteiger partial charge in [0.2, 0.25) is 15.9 Å². The lowest BCUT2D eigenvalue weighted by Crippen LogP contribution is -2.49. The minimum atomic E-state index is -4.41. The molecule has 0 radical (unpaired) electrons. The van der Waals surface area contributed by atoms with Crippen molar-refractivity contribution in [3.05, 3.63) is 59.7 Å². The Labute approximate surface area is 192 Å². The number of hydrogen-bond donors (Lipinski definition) is 1. The Balaban J connectivity index is 1.48. The first kappa shape index (κ1) is 25.0. The molecule has 0 unspecified atom stereocenters. The Bertz CT molecular complexity index is 1060. The molecule has 0 spiro atoms. The van der Waals surface area contributed by atoms with E-state index in [1.54, 1.807) is 35.2 Å². The average molecular weight is 484 g/mol. The molecule has 1 heterocycles. The van der Waals surface area contributed by atoms with Crippen molar-refractivity contribution in [2.45, 2.75) is 37.3 Å². The SMILES string of the molecule is CC(C)c1ccc(S(=O)(=O)NCCC(=O)N2CCN(c3cccc(C(F)(F)F)c3)CC2)cc1. The fourth-order valence-corrected chi connectivity index (χ4v) is 4.69. The Morgan fingerprint density at radius 2 is 1.67 bits per heavy atom. The van der Waals surface area contributed by atoms with Gasteiger partial charge in [-0.15, -0.1) is 0 Å². The normalized spacial score (nSPS) is 15.2. The van der Waals surface area contributed by atoms with E-state index >= 15 is 0 Å². The van der Waals surface area contributed by atoms with Crippen LogP contribution in [0.5, 0.6) is 0 Å². The topological polar surface area (TPSA) is 69.7 Å². The maximum Gasteiger partial charge on any atom is 0.416 e. The summed E-state index contributed by atoms with van der Waals surface area (Å²) in [5.74, 6) is 0.0953. The van der Waals surface area contributed by atoms with Crippen molar-refractivity contribution < 1.29 is 26.4 Å². The number of piperazine rings is 1. The first-order valence-electron chi connectivity index (χ1n) is 10.8. The molecule has 2 aromatic rings. The van der Waals surface area contributed by atoms with Crippen molar-refractivity contribution in [3.8, 4) is 0 Å². The molecule has 0 aliphatic carbocycles. The molecule has 1 aliphatic heterocycles. The van der Waals surface area contributed by atoms with E-state index in [1.807, 2.05) is 18.7 Å². The van der Waals surface area contributed by atoms with Crippen LogP contribution in [0.3, 0.4) is 0 Å². The quantitative estimate of drug-likeness (QED) is 0.650. The summed E-state index contributed by atoms with van der Waals surface area (Å²) in [6, 6.07) is 11.8. The third kappa shape index (κ3) is 6.48. The number of sulfonamides is 1. The van der Waals surface area contributed by atoms with E-state index in [0.29, 0.717) is 37.8 Å². The van der Waals surface area contributed by atoms with Gasteiger partial charge in [-0.1, -0.05) is 32.0 Å². The molecule has 180 valence electrons. The van der Waals surface area contributed by atoms with Gasteiger partial charge in [0.05, 0.1) is 10.5 Å². The van der Waals surface area contributed by atoms with Crippen LogP contribution >= 0.6 is 0 Å². The molecule has 33 heavy (non-hydrogen) atoms. The molecule has 3 rings (SSSR count). The second-order valence-electron chi connectivity index (χ2n) is 8.29. The van der Waals surface area contributed by atoms with Crippen LogP contribution in [-0.4, -0.2) is 51.9 Å². The minimum absolute atomic E-state index is 0.00681. The van der Waals surface area contributed by atoms with E-state index in [-0.39, 0.29) is 23.8 Å². The standard InChI is InChI=1S/C23H28F3N3O3S/c1-17(2)18-6-8-21(9-7-18)33(31,32)27-11-10-22(30)29-14-12-28(13-15-29)20-5-3-4-19(16-20)23(24,25)26/h3-9,16-17,27H,10-15H2,1-2H3. The number of nitrogens with zero attached hydrogens (tertiary/aromatic N) is 2. The lowest BCUT2D eigenvalue weighted by Gasteiger charge is -2.36. The molecule has 1 saturated heterocycles. The highest BCUT2D eigenvalue weighted by Crippen LogP contribution is 2.31. The van der Waals surface area contributed by atoms with Gasteiger partial charge in [-0.3, -0.25) is 4.79 Å². The molecule has 10 heteroatoms. The summed E-state index contributed by atoms with van der Waals surface area (Å²) in [4.78, 5) is 16.1. The average Bonchev–Trinajstić information content (AvgIpc) is 2.78. The number of anilines is 1. The number of amides is 1. The molecule has 1 N–H and O–H groups in total. The van der Waals surface area contributed by atoms with E-state index in [9.17, 15) is 26.4 Å². The van der Waals surface area contributed by atoms with Crippen molar-refractivity contribution in [2.24, 2.45) is 0 Å². The summed E-state index contributed by atoms with van der Waals surface area (Å²) >= 11 is 0. The molecule has 1 aliphatic rings. The van der Waals surface area contributed by atoms with Crippen LogP contribution in [0.4, 0.5) is 18.9 Å². The number of nitrogens with one attached hydrogen (secondary N) is 1. The number of hydrogen-bond acceptors (Lipinski definition) is 4. The third-order valence-electron chi connectivity index (χ3n) is 5.66. The molecular formula is C23H28F3N3O3S.